The van der Waals surface area contributed by atoms with E-state index in [2.05, 4.69) is 36.2 Å². The highest BCUT2D eigenvalue weighted by atomic mass is 32.1. The van der Waals surface area contributed by atoms with Crippen LogP contribution in [0.1, 0.15) is 43.7 Å². The van der Waals surface area contributed by atoms with Gasteiger partial charge in [0.25, 0.3) is 0 Å². The number of nitrogens with zero attached hydrogens (tertiary/aromatic N) is 3. The van der Waals surface area contributed by atoms with Crippen molar-refractivity contribution in [2.75, 3.05) is 37.7 Å². The van der Waals surface area contributed by atoms with Crippen molar-refractivity contribution < 1.29 is 14.3 Å². The average molecular weight is 445 g/mol. The summed E-state index contributed by atoms with van der Waals surface area (Å²) < 4.78 is 6.29. The van der Waals surface area contributed by atoms with Crippen LogP contribution in [0.2, 0.25) is 0 Å². The van der Waals surface area contributed by atoms with Crippen LogP contribution < -0.4 is 10.2 Å². The molecule has 1 N–H and O–H groups in total. The van der Waals surface area contributed by atoms with Crippen LogP contribution in [0.15, 0.2) is 12.1 Å². The number of hydrogen-bond acceptors (Lipinski definition) is 6. The molecule has 0 bridgehead atoms. The first-order valence-corrected chi connectivity index (χ1v) is 12.1. The number of aryl methyl sites for hydroxylation is 2. The molecule has 1 aromatic carbocycles. The third kappa shape index (κ3) is 4.95. The molecule has 7 nitrogen and oxygen atoms in total. The van der Waals surface area contributed by atoms with Gasteiger partial charge in [-0.05, 0) is 63.6 Å². The van der Waals surface area contributed by atoms with Crippen LogP contribution >= 0.6 is 11.3 Å². The molecular weight excluding hydrogens is 412 g/mol. The fourth-order valence-corrected chi connectivity index (χ4v) is 5.78. The maximum Gasteiger partial charge on any atom is 0.409 e. The SMILES string of the molecule is CCOC(=O)N1CCC(NC(=O)C2CCCN(c3nc4c(C)cc(C)cc4s3)C2)CC1. The zero-order valence-corrected chi connectivity index (χ0v) is 19.5. The van der Waals surface area contributed by atoms with E-state index in [0.717, 1.165) is 42.9 Å². The molecule has 1 aromatic heterocycles. The summed E-state index contributed by atoms with van der Waals surface area (Å²) in [6.07, 6.45) is 3.20. The predicted octanol–water partition coefficient (Wildman–Crippen LogP) is 3.87. The predicted molar refractivity (Wildman–Crippen MR) is 124 cm³/mol. The van der Waals surface area contributed by atoms with Crippen molar-refractivity contribution >= 4 is 38.7 Å². The molecule has 2 fully saturated rings. The number of fused-ring (bicyclic) bond motifs is 1. The van der Waals surface area contributed by atoms with Crippen LogP contribution in [-0.2, 0) is 9.53 Å². The standard InChI is InChI=1S/C23H32N4O3S/c1-4-30-23(29)26-10-7-18(8-11-26)24-21(28)17-6-5-9-27(14-17)22-25-20-16(3)12-15(2)13-19(20)31-22/h12-13,17-18H,4-11,14H2,1-3H3,(H,24,28). The molecule has 0 saturated carbocycles. The van der Waals surface area contributed by atoms with Crippen LogP contribution in [0.4, 0.5) is 9.93 Å². The number of carbonyl (C=O) groups is 2. The van der Waals surface area contributed by atoms with E-state index in [1.54, 1.807) is 16.2 Å². The molecule has 2 aliphatic heterocycles. The molecule has 0 radical (unpaired) electrons. The molecule has 0 aliphatic carbocycles. The summed E-state index contributed by atoms with van der Waals surface area (Å²) in [6.45, 7) is 9.35. The highest BCUT2D eigenvalue weighted by Gasteiger charge is 2.30. The minimum absolute atomic E-state index is 0.0216. The van der Waals surface area contributed by atoms with E-state index in [4.69, 9.17) is 9.72 Å². The zero-order chi connectivity index (χ0) is 22.0. The van der Waals surface area contributed by atoms with E-state index in [0.29, 0.717) is 26.2 Å². The molecule has 2 aliphatic rings. The molecule has 0 spiro atoms. The van der Waals surface area contributed by atoms with Crippen LogP contribution in [0.25, 0.3) is 10.2 Å². The van der Waals surface area contributed by atoms with Gasteiger partial charge in [-0.15, -0.1) is 0 Å². The van der Waals surface area contributed by atoms with Gasteiger partial charge in [0.05, 0.1) is 22.7 Å². The molecular formula is C23H32N4O3S. The number of thiazole rings is 1. The summed E-state index contributed by atoms with van der Waals surface area (Å²) in [5.41, 5.74) is 3.54. The van der Waals surface area contributed by atoms with E-state index in [1.807, 2.05) is 6.92 Å². The van der Waals surface area contributed by atoms with Crippen molar-refractivity contribution in [3.05, 3.63) is 23.3 Å². The summed E-state index contributed by atoms with van der Waals surface area (Å²) in [5, 5.41) is 4.25. The second kappa shape index (κ2) is 9.42. The Morgan fingerprint density at radius 3 is 2.71 bits per heavy atom. The first-order valence-electron chi connectivity index (χ1n) is 11.3. The van der Waals surface area contributed by atoms with Gasteiger partial charge in [0.2, 0.25) is 5.91 Å². The maximum atomic E-state index is 13.0. The fourth-order valence-electron chi connectivity index (χ4n) is 4.60. The first-order chi connectivity index (χ1) is 14.9. The van der Waals surface area contributed by atoms with E-state index in [9.17, 15) is 9.59 Å². The summed E-state index contributed by atoms with van der Waals surface area (Å²) in [4.78, 5) is 33.7. The van der Waals surface area contributed by atoms with Crippen LogP contribution in [0, 0.1) is 19.8 Å². The Kier molecular flexibility index (Phi) is 6.65. The van der Waals surface area contributed by atoms with Crippen molar-refractivity contribution in [1.29, 1.82) is 0 Å². The zero-order valence-electron chi connectivity index (χ0n) is 18.6. The van der Waals surface area contributed by atoms with Gasteiger partial charge < -0.3 is 19.9 Å². The lowest BCUT2D eigenvalue weighted by molar-refractivity contribution is -0.126. The number of carbonyl (C=O) groups excluding carboxylic acids is 2. The summed E-state index contributed by atoms with van der Waals surface area (Å²) in [7, 11) is 0. The molecule has 4 rings (SSSR count). The largest absolute Gasteiger partial charge is 0.450 e. The van der Waals surface area contributed by atoms with Gasteiger partial charge in [-0.25, -0.2) is 9.78 Å². The molecule has 168 valence electrons. The maximum absolute atomic E-state index is 13.0. The van der Waals surface area contributed by atoms with Gasteiger partial charge >= 0.3 is 6.09 Å². The summed E-state index contributed by atoms with van der Waals surface area (Å²) in [6, 6.07) is 4.49. The van der Waals surface area contributed by atoms with E-state index < -0.39 is 0 Å². The van der Waals surface area contributed by atoms with Gasteiger partial charge in [0.15, 0.2) is 5.13 Å². The fraction of sp³-hybridized carbons (Fsp3) is 0.609. The van der Waals surface area contributed by atoms with Gasteiger partial charge in [-0.3, -0.25) is 4.79 Å². The van der Waals surface area contributed by atoms with E-state index in [-0.39, 0.29) is 24.0 Å². The molecule has 2 amide bonds. The normalized spacial score (nSPS) is 20.2. The number of anilines is 1. The van der Waals surface area contributed by atoms with Crippen molar-refractivity contribution in [1.82, 2.24) is 15.2 Å². The number of nitrogens with one attached hydrogen (secondary N) is 1. The Morgan fingerprint density at radius 2 is 1.97 bits per heavy atom. The molecule has 1 unspecified atom stereocenters. The first kappa shape index (κ1) is 21.9. The van der Waals surface area contributed by atoms with Crippen molar-refractivity contribution in [3.8, 4) is 0 Å². The highest BCUT2D eigenvalue weighted by Crippen LogP contribution is 2.33. The monoisotopic (exact) mass is 444 g/mol. The van der Waals surface area contributed by atoms with E-state index in [1.165, 1.54) is 15.8 Å². The van der Waals surface area contributed by atoms with Crippen LogP contribution in [0.3, 0.4) is 0 Å². The van der Waals surface area contributed by atoms with Crippen molar-refractivity contribution in [3.63, 3.8) is 0 Å². The molecule has 1 atom stereocenters. The highest BCUT2D eigenvalue weighted by molar-refractivity contribution is 7.22. The van der Waals surface area contributed by atoms with Crippen molar-refractivity contribution in [2.24, 2.45) is 5.92 Å². The smallest absolute Gasteiger partial charge is 0.409 e. The average Bonchev–Trinajstić information content (AvgIpc) is 3.19. The lowest BCUT2D eigenvalue weighted by Gasteiger charge is -2.35. The lowest BCUT2D eigenvalue weighted by atomic mass is 9.96. The van der Waals surface area contributed by atoms with E-state index >= 15 is 0 Å². The van der Waals surface area contributed by atoms with Gasteiger partial charge in [0.1, 0.15) is 0 Å². The number of aromatic nitrogens is 1. The molecule has 8 heteroatoms. The quantitative estimate of drug-likeness (QED) is 0.775. The third-order valence-corrected chi connectivity index (χ3v) is 7.31. The second-order valence-corrected chi connectivity index (χ2v) is 9.69. The molecule has 31 heavy (non-hydrogen) atoms. The number of benzene rings is 1. The van der Waals surface area contributed by atoms with Crippen molar-refractivity contribution in [2.45, 2.75) is 52.5 Å². The molecule has 2 aromatic rings. The van der Waals surface area contributed by atoms with Gasteiger partial charge in [-0.1, -0.05) is 17.4 Å². The summed E-state index contributed by atoms with van der Waals surface area (Å²) >= 11 is 1.72. The number of amides is 2. The third-order valence-electron chi connectivity index (χ3n) is 6.25. The number of ether oxygens (including phenoxy) is 1. The Balaban J connectivity index is 1.34. The number of piperidine rings is 2. The molecule has 2 saturated heterocycles. The molecule has 3 heterocycles. The number of likely N-dealkylation sites (tertiary alicyclic amines) is 1. The number of hydrogen-bond donors (Lipinski definition) is 1. The Morgan fingerprint density at radius 1 is 1.19 bits per heavy atom. The lowest BCUT2D eigenvalue weighted by Crippen LogP contribution is -2.50. The van der Waals surface area contributed by atoms with Gasteiger partial charge in [-0.2, -0.15) is 0 Å². The van der Waals surface area contributed by atoms with Crippen LogP contribution in [-0.4, -0.2) is 60.7 Å². The minimum Gasteiger partial charge on any atom is -0.450 e. The number of rotatable bonds is 4. The van der Waals surface area contributed by atoms with Gasteiger partial charge in [0, 0.05) is 32.2 Å². The Hall–Kier alpha value is -2.35. The minimum atomic E-state index is -0.253. The Bertz CT molecular complexity index is 952. The summed E-state index contributed by atoms with van der Waals surface area (Å²) in [5.74, 6) is 0.110. The van der Waals surface area contributed by atoms with Crippen LogP contribution in [0.5, 0.6) is 0 Å². The topological polar surface area (TPSA) is 74.8 Å². The second-order valence-electron chi connectivity index (χ2n) is 8.68. The Labute approximate surface area is 187 Å².